The van der Waals surface area contributed by atoms with Crippen LogP contribution in [0.5, 0.6) is 0 Å². The number of nitrogens with two attached hydrogens (primary N) is 1. The van der Waals surface area contributed by atoms with E-state index < -0.39 is 0 Å². The lowest BCUT2D eigenvalue weighted by Crippen LogP contribution is -2.11. The summed E-state index contributed by atoms with van der Waals surface area (Å²) in [6.07, 6.45) is 1.91. The number of nitrogens with zero attached hydrogens (tertiary/aromatic N) is 1. The fourth-order valence-corrected chi connectivity index (χ4v) is 2.81. The average molecular weight is 234 g/mol. The summed E-state index contributed by atoms with van der Waals surface area (Å²) in [6.45, 7) is 0. The van der Waals surface area contributed by atoms with Crippen LogP contribution in [0, 0.1) is 5.82 Å². The second kappa shape index (κ2) is 3.28. The highest BCUT2D eigenvalue weighted by molar-refractivity contribution is 7.13. The maximum Gasteiger partial charge on any atom is 0.180 e. The molecule has 82 valence electrons. The van der Waals surface area contributed by atoms with Gasteiger partial charge in [0.15, 0.2) is 5.13 Å². The molecule has 0 amide bonds. The van der Waals surface area contributed by atoms with Crippen molar-refractivity contribution in [1.82, 2.24) is 4.98 Å². The number of aromatic nitrogens is 1. The van der Waals surface area contributed by atoms with Crippen molar-refractivity contribution in [3.63, 3.8) is 0 Å². The second-order valence-electron chi connectivity index (χ2n) is 4.13. The zero-order valence-electron chi connectivity index (χ0n) is 8.61. The predicted octanol–water partition coefficient (Wildman–Crippen LogP) is 2.94. The number of anilines is 1. The van der Waals surface area contributed by atoms with Crippen LogP contribution in [0.25, 0.3) is 0 Å². The molecule has 0 aliphatic heterocycles. The van der Waals surface area contributed by atoms with Gasteiger partial charge in [0.25, 0.3) is 0 Å². The highest BCUT2D eigenvalue weighted by atomic mass is 32.1. The molecule has 1 saturated carbocycles. The van der Waals surface area contributed by atoms with Crippen LogP contribution in [0.2, 0.25) is 0 Å². The van der Waals surface area contributed by atoms with Crippen molar-refractivity contribution in [2.75, 3.05) is 5.73 Å². The largest absolute Gasteiger partial charge is 0.375 e. The van der Waals surface area contributed by atoms with Crippen molar-refractivity contribution in [2.45, 2.75) is 18.3 Å². The molecule has 2 N–H and O–H groups in total. The quantitative estimate of drug-likeness (QED) is 0.867. The highest BCUT2D eigenvalue weighted by Crippen LogP contribution is 2.54. The first-order valence-corrected chi connectivity index (χ1v) is 6.07. The maximum absolute atomic E-state index is 13.8. The van der Waals surface area contributed by atoms with Gasteiger partial charge in [0.2, 0.25) is 0 Å². The Labute approximate surface area is 96.9 Å². The van der Waals surface area contributed by atoms with E-state index in [0.29, 0.717) is 5.13 Å². The van der Waals surface area contributed by atoms with Gasteiger partial charge in [0.1, 0.15) is 5.82 Å². The van der Waals surface area contributed by atoms with Gasteiger partial charge in [0, 0.05) is 10.8 Å². The van der Waals surface area contributed by atoms with Crippen LogP contribution in [0.1, 0.15) is 24.1 Å². The molecule has 0 radical (unpaired) electrons. The molecule has 1 heterocycles. The molecule has 1 aromatic carbocycles. The third kappa shape index (κ3) is 1.33. The summed E-state index contributed by atoms with van der Waals surface area (Å²) in [5, 5.41) is 2.49. The molecular formula is C12H11FN2S. The van der Waals surface area contributed by atoms with Crippen LogP contribution in [0.15, 0.2) is 29.6 Å². The van der Waals surface area contributed by atoms with Crippen molar-refractivity contribution in [1.29, 1.82) is 0 Å². The van der Waals surface area contributed by atoms with E-state index in [4.69, 9.17) is 5.73 Å². The zero-order chi connectivity index (χ0) is 11.2. The van der Waals surface area contributed by atoms with Crippen LogP contribution >= 0.6 is 11.3 Å². The van der Waals surface area contributed by atoms with E-state index in [2.05, 4.69) is 4.98 Å². The molecule has 0 bridgehead atoms. The molecule has 1 aliphatic rings. The Morgan fingerprint density at radius 3 is 2.62 bits per heavy atom. The summed E-state index contributed by atoms with van der Waals surface area (Å²) in [6, 6.07) is 6.93. The lowest BCUT2D eigenvalue weighted by atomic mass is 9.93. The number of benzene rings is 1. The molecule has 4 heteroatoms. The minimum absolute atomic E-state index is 0.147. The summed E-state index contributed by atoms with van der Waals surface area (Å²) in [5.41, 5.74) is 7.09. The Bertz CT molecular complexity index is 531. The Morgan fingerprint density at radius 1 is 1.31 bits per heavy atom. The molecule has 0 spiro atoms. The smallest absolute Gasteiger partial charge is 0.180 e. The van der Waals surface area contributed by atoms with Crippen molar-refractivity contribution in [3.8, 4) is 0 Å². The topological polar surface area (TPSA) is 38.9 Å². The van der Waals surface area contributed by atoms with Crippen LogP contribution in [-0.4, -0.2) is 4.98 Å². The van der Waals surface area contributed by atoms with Gasteiger partial charge in [-0.3, -0.25) is 0 Å². The minimum Gasteiger partial charge on any atom is -0.375 e. The van der Waals surface area contributed by atoms with Gasteiger partial charge in [-0.25, -0.2) is 9.37 Å². The zero-order valence-corrected chi connectivity index (χ0v) is 9.43. The fourth-order valence-electron chi connectivity index (χ4n) is 2.15. The van der Waals surface area contributed by atoms with Gasteiger partial charge in [0.05, 0.1) is 5.69 Å². The maximum atomic E-state index is 13.8. The molecule has 2 nitrogen and oxygen atoms in total. The summed E-state index contributed by atoms with van der Waals surface area (Å²) in [5.74, 6) is -0.147. The first-order chi connectivity index (χ1) is 7.72. The predicted molar refractivity (Wildman–Crippen MR) is 62.9 cm³/mol. The summed E-state index contributed by atoms with van der Waals surface area (Å²) in [7, 11) is 0. The van der Waals surface area contributed by atoms with Crippen LogP contribution in [0.4, 0.5) is 9.52 Å². The standard InChI is InChI=1S/C12H11FN2S/c13-9-4-2-1-3-8(9)12(5-6-12)10-7-16-11(14)15-10/h1-4,7H,5-6H2,(H2,14,15). The highest BCUT2D eigenvalue weighted by Gasteiger charge is 2.49. The number of thiazole rings is 1. The number of halogens is 1. The van der Waals surface area contributed by atoms with E-state index in [1.807, 2.05) is 17.5 Å². The van der Waals surface area contributed by atoms with Gasteiger partial charge in [-0.1, -0.05) is 18.2 Å². The van der Waals surface area contributed by atoms with Crippen molar-refractivity contribution in [3.05, 3.63) is 46.7 Å². The van der Waals surface area contributed by atoms with E-state index in [9.17, 15) is 4.39 Å². The molecule has 1 fully saturated rings. The van der Waals surface area contributed by atoms with Crippen LogP contribution < -0.4 is 5.73 Å². The molecule has 2 aromatic rings. The van der Waals surface area contributed by atoms with E-state index in [1.54, 1.807) is 6.07 Å². The van der Waals surface area contributed by atoms with Crippen molar-refractivity contribution < 1.29 is 4.39 Å². The van der Waals surface area contributed by atoms with E-state index in [0.717, 1.165) is 24.1 Å². The molecule has 0 saturated heterocycles. The Morgan fingerprint density at radius 2 is 2.06 bits per heavy atom. The van der Waals surface area contributed by atoms with Crippen molar-refractivity contribution in [2.24, 2.45) is 0 Å². The van der Waals surface area contributed by atoms with Gasteiger partial charge >= 0.3 is 0 Å². The van der Waals surface area contributed by atoms with Gasteiger partial charge in [-0.2, -0.15) is 0 Å². The third-order valence-corrected chi connectivity index (χ3v) is 3.83. The Hall–Kier alpha value is -1.42. The monoisotopic (exact) mass is 234 g/mol. The molecule has 3 rings (SSSR count). The third-order valence-electron chi connectivity index (χ3n) is 3.15. The van der Waals surface area contributed by atoms with Crippen LogP contribution in [-0.2, 0) is 5.41 Å². The SMILES string of the molecule is Nc1nc(C2(c3ccccc3F)CC2)cs1. The average Bonchev–Trinajstić information content (AvgIpc) is 2.96. The Kier molecular flexibility index (Phi) is 2.01. The van der Waals surface area contributed by atoms with E-state index >= 15 is 0 Å². The first-order valence-electron chi connectivity index (χ1n) is 5.19. The molecule has 0 unspecified atom stereocenters. The van der Waals surface area contributed by atoms with Gasteiger partial charge in [-0.15, -0.1) is 11.3 Å². The lowest BCUT2D eigenvalue weighted by molar-refractivity contribution is 0.592. The number of rotatable bonds is 2. The first kappa shape index (κ1) is 9.78. The summed E-state index contributed by atoms with van der Waals surface area (Å²) in [4.78, 5) is 4.29. The molecule has 1 aliphatic carbocycles. The molecular weight excluding hydrogens is 223 g/mol. The summed E-state index contributed by atoms with van der Waals surface area (Å²) >= 11 is 1.42. The van der Waals surface area contributed by atoms with E-state index in [1.165, 1.54) is 17.4 Å². The number of hydrogen-bond acceptors (Lipinski definition) is 3. The number of hydrogen-bond donors (Lipinski definition) is 1. The minimum atomic E-state index is -0.209. The lowest BCUT2D eigenvalue weighted by Gasteiger charge is -2.13. The van der Waals surface area contributed by atoms with E-state index in [-0.39, 0.29) is 11.2 Å². The summed E-state index contributed by atoms with van der Waals surface area (Å²) < 4.78 is 13.8. The Balaban J connectivity index is 2.10. The second-order valence-corrected chi connectivity index (χ2v) is 5.02. The molecule has 1 aromatic heterocycles. The normalized spacial score (nSPS) is 17.3. The molecule has 16 heavy (non-hydrogen) atoms. The molecule has 0 atom stereocenters. The van der Waals surface area contributed by atoms with Crippen LogP contribution in [0.3, 0.4) is 0 Å². The number of nitrogen functional groups attached to an aromatic ring is 1. The van der Waals surface area contributed by atoms with Crippen molar-refractivity contribution >= 4 is 16.5 Å². The fraction of sp³-hybridized carbons (Fsp3) is 0.250. The van der Waals surface area contributed by atoms with Gasteiger partial charge < -0.3 is 5.73 Å². The van der Waals surface area contributed by atoms with Gasteiger partial charge in [-0.05, 0) is 24.5 Å².